The zero-order chi connectivity index (χ0) is 18.7. The lowest BCUT2D eigenvalue weighted by Gasteiger charge is -2.17. The van der Waals surface area contributed by atoms with Crippen molar-refractivity contribution >= 4 is 38.8 Å². The Morgan fingerprint density at radius 3 is 2.77 bits per heavy atom. The molecule has 2 N–H and O–H groups in total. The molecule has 0 saturated heterocycles. The van der Waals surface area contributed by atoms with Crippen LogP contribution in [-0.4, -0.2) is 23.5 Å². The van der Waals surface area contributed by atoms with Crippen LogP contribution >= 0.6 is 11.3 Å². The van der Waals surface area contributed by atoms with Crippen LogP contribution in [0.3, 0.4) is 0 Å². The second-order valence-corrected chi connectivity index (χ2v) is 6.88. The number of nitrogens with one attached hydrogen (secondary N) is 2. The number of para-hydroxylation sites is 2. The van der Waals surface area contributed by atoms with E-state index in [1.165, 1.54) is 12.1 Å². The highest BCUT2D eigenvalue weighted by atomic mass is 32.1. The molecular formula is C18H17F2N3O2S. The van der Waals surface area contributed by atoms with Gasteiger partial charge in [0.15, 0.2) is 0 Å². The maximum absolute atomic E-state index is 12.5. The molecule has 3 rings (SSSR count). The van der Waals surface area contributed by atoms with Crippen LogP contribution in [0.2, 0.25) is 0 Å². The smallest absolute Gasteiger partial charge is 0.387 e. The Bertz CT molecular complexity index is 930. The lowest BCUT2D eigenvalue weighted by molar-refractivity contribution is -0.116. The number of halogens is 2. The van der Waals surface area contributed by atoms with Crippen LogP contribution in [0.15, 0.2) is 42.5 Å². The summed E-state index contributed by atoms with van der Waals surface area (Å²) < 4.78 is 30.4. The average molecular weight is 377 g/mol. The van der Waals surface area contributed by atoms with Crippen molar-refractivity contribution in [3.63, 3.8) is 0 Å². The number of hydrogen-bond donors (Lipinski definition) is 2. The van der Waals surface area contributed by atoms with E-state index in [-0.39, 0.29) is 17.3 Å². The third-order valence-electron chi connectivity index (χ3n) is 3.63. The first kappa shape index (κ1) is 18.1. The molecule has 1 amide bonds. The fourth-order valence-corrected chi connectivity index (χ4v) is 3.32. The van der Waals surface area contributed by atoms with Crippen LogP contribution in [-0.2, 0) is 4.79 Å². The molecule has 2 aromatic carbocycles. The van der Waals surface area contributed by atoms with E-state index >= 15 is 0 Å². The Kier molecular flexibility index (Phi) is 5.32. The molecule has 0 spiro atoms. The van der Waals surface area contributed by atoms with Gasteiger partial charge in [-0.25, -0.2) is 4.98 Å². The van der Waals surface area contributed by atoms with Crippen LogP contribution in [0.25, 0.3) is 10.2 Å². The molecule has 0 saturated carbocycles. The van der Waals surface area contributed by atoms with Crippen molar-refractivity contribution in [1.82, 2.24) is 4.98 Å². The summed E-state index contributed by atoms with van der Waals surface area (Å²) in [5.41, 5.74) is 1.88. The van der Waals surface area contributed by atoms with Crippen LogP contribution in [0.1, 0.15) is 11.9 Å². The highest BCUT2D eigenvalue weighted by Gasteiger charge is 2.16. The van der Waals surface area contributed by atoms with Gasteiger partial charge in [-0.15, -0.1) is 11.3 Å². The van der Waals surface area contributed by atoms with Crippen molar-refractivity contribution in [1.29, 1.82) is 0 Å². The van der Waals surface area contributed by atoms with Gasteiger partial charge in [-0.1, -0.05) is 12.1 Å². The molecule has 1 unspecified atom stereocenters. The molecule has 1 aromatic heterocycles. The van der Waals surface area contributed by atoms with Crippen LogP contribution in [0.4, 0.5) is 20.2 Å². The van der Waals surface area contributed by atoms with Crippen molar-refractivity contribution in [3.05, 3.63) is 47.5 Å². The molecule has 0 bridgehead atoms. The van der Waals surface area contributed by atoms with Gasteiger partial charge in [0.25, 0.3) is 0 Å². The molecule has 1 heterocycles. The predicted octanol–water partition coefficient (Wildman–Crippen LogP) is 4.65. The molecule has 5 nitrogen and oxygen atoms in total. The van der Waals surface area contributed by atoms with Crippen molar-refractivity contribution in [2.75, 3.05) is 10.6 Å². The van der Waals surface area contributed by atoms with Gasteiger partial charge >= 0.3 is 6.61 Å². The van der Waals surface area contributed by atoms with Crippen LogP contribution in [0.5, 0.6) is 5.75 Å². The maximum atomic E-state index is 12.5. The Hall–Kier alpha value is -2.74. The van der Waals surface area contributed by atoms with E-state index in [2.05, 4.69) is 20.4 Å². The summed E-state index contributed by atoms with van der Waals surface area (Å²) in [6, 6.07) is 11.1. The molecule has 8 heteroatoms. The lowest BCUT2D eigenvalue weighted by Crippen LogP contribution is -2.32. The highest BCUT2D eigenvalue weighted by Crippen LogP contribution is 2.27. The molecule has 0 radical (unpaired) electrons. The minimum atomic E-state index is -2.96. The van der Waals surface area contributed by atoms with Crippen LogP contribution < -0.4 is 15.4 Å². The van der Waals surface area contributed by atoms with Gasteiger partial charge in [-0.3, -0.25) is 4.79 Å². The normalized spacial score (nSPS) is 12.2. The second-order valence-electron chi connectivity index (χ2n) is 5.65. The minimum absolute atomic E-state index is 0.0791. The predicted molar refractivity (Wildman–Crippen MR) is 99.1 cm³/mol. The molecular weight excluding hydrogens is 360 g/mol. The number of carbonyl (C=O) groups is 1. The summed E-state index contributed by atoms with van der Waals surface area (Å²) in [6.45, 7) is 0.666. The summed E-state index contributed by atoms with van der Waals surface area (Å²) in [6.07, 6.45) is 0. The number of hydrogen-bond acceptors (Lipinski definition) is 5. The number of benzene rings is 2. The minimum Gasteiger partial charge on any atom is -0.433 e. The van der Waals surface area contributed by atoms with E-state index in [4.69, 9.17) is 0 Å². The SMILES string of the molecule is Cc1nc2ccc(NC(C)C(=O)Nc3ccccc3OC(F)F)cc2s1. The summed E-state index contributed by atoms with van der Waals surface area (Å²) >= 11 is 1.57. The zero-order valence-electron chi connectivity index (χ0n) is 14.1. The molecule has 136 valence electrons. The Morgan fingerprint density at radius 1 is 1.23 bits per heavy atom. The molecule has 0 aliphatic rings. The van der Waals surface area contributed by atoms with E-state index in [0.29, 0.717) is 0 Å². The number of ether oxygens (including phenoxy) is 1. The third-order valence-corrected chi connectivity index (χ3v) is 4.57. The van der Waals surface area contributed by atoms with Crippen molar-refractivity contribution in [2.24, 2.45) is 0 Å². The van der Waals surface area contributed by atoms with E-state index in [9.17, 15) is 13.6 Å². The first-order chi connectivity index (χ1) is 12.4. The van der Waals surface area contributed by atoms with E-state index in [1.807, 2.05) is 25.1 Å². The summed E-state index contributed by atoms with van der Waals surface area (Å²) in [5, 5.41) is 6.68. The molecule has 0 aliphatic heterocycles. The van der Waals surface area contributed by atoms with E-state index < -0.39 is 12.7 Å². The quantitative estimate of drug-likeness (QED) is 0.657. The Balaban J connectivity index is 1.69. The monoisotopic (exact) mass is 377 g/mol. The number of rotatable bonds is 6. The summed E-state index contributed by atoms with van der Waals surface area (Å²) in [7, 11) is 0. The zero-order valence-corrected chi connectivity index (χ0v) is 14.9. The van der Waals surface area contributed by atoms with Crippen molar-refractivity contribution in [2.45, 2.75) is 26.5 Å². The van der Waals surface area contributed by atoms with Crippen molar-refractivity contribution in [3.8, 4) is 5.75 Å². The Morgan fingerprint density at radius 2 is 2.00 bits per heavy atom. The lowest BCUT2D eigenvalue weighted by atomic mass is 10.2. The number of aromatic nitrogens is 1. The van der Waals surface area contributed by atoms with Gasteiger partial charge in [0, 0.05) is 5.69 Å². The van der Waals surface area contributed by atoms with Gasteiger partial charge in [-0.05, 0) is 44.2 Å². The van der Waals surface area contributed by atoms with E-state index in [1.54, 1.807) is 30.4 Å². The summed E-state index contributed by atoms with van der Waals surface area (Å²) in [5.74, 6) is -0.444. The van der Waals surface area contributed by atoms with Gasteiger partial charge in [0.1, 0.15) is 11.8 Å². The Labute approximate surface area is 153 Å². The maximum Gasteiger partial charge on any atom is 0.387 e. The largest absolute Gasteiger partial charge is 0.433 e. The average Bonchev–Trinajstić information content (AvgIpc) is 2.95. The standard InChI is InChI=1S/C18H17F2N3O2S/c1-10(21-12-7-8-14-16(9-12)26-11(2)22-14)17(24)23-13-5-3-4-6-15(13)25-18(19)20/h3-10,18,21H,1-2H3,(H,23,24). The molecule has 0 fully saturated rings. The van der Waals surface area contributed by atoms with Gasteiger partial charge in [-0.2, -0.15) is 8.78 Å². The second kappa shape index (κ2) is 7.65. The number of anilines is 2. The topological polar surface area (TPSA) is 63.2 Å². The van der Waals surface area contributed by atoms with Crippen molar-refractivity contribution < 1.29 is 18.3 Å². The van der Waals surface area contributed by atoms with Gasteiger partial charge in [0.05, 0.1) is 20.9 Å². The third kappa shape index (κ3) is 4.26. The molecule has 1 atom stereocenters. The number of nitrogens with zero attached hydrogens (tertiary/aromatic N) is 1. The summed E-state index contributed by atoms with van der Waals surface area (Å²) in [4.78, 5) is 16.8. The molecule has 0 aliphatic carbocycles. The number of alkyl halides is 2. The molecule has 26 heavy (non-hydrogen) atoms. The fraction of sp³-hybridized carbons (Fsp3) is 0.222. The first-order valence-corrected chi connectivity index (χ1v) is 8.72. The fourth-order valence-electron chi connectivity index (χ4n) is 2.45. The first-order valence-electron chi connectivity index (χ1n) is 7.91. The van der Waals surface area contributed by atoms with Crippen LogP contribution in [0, 0.1) is 6.92 Å². The van der Waals surface area contributed by atoms with Gasteiger partial charge < -0.3 is 15.4 Å². The van der Waals surface area contributed by atoms with E-state index in [0.717, 1.165) is 20.9 Å². The number of amides is 1. The number of thiazole rings is 1. The highest BCUT2D eigenvalue weighted by molar-refractivity contribution is 7.18. The number of carbonyl (C=O) groups excluding carboxylic acids is 1. The molecule has 3 aromatic rings. The number of aryl methyl sites for hydroxylation is 1. The van der Waals surface area contributed by atoms with Gasteiger partial charge in [0.2, 0.25) is 5.91 Å². The number of fused-ring (bicyclic) bond motifs is 1.